The Morgan fingerprint density at radius 1 is 1.19 bits per heavy atom. The summed E-state index contributed by atoms with van der Waals surface area (Å²) in [6.45, 7) is 2.54. The average molecular weight is 373 g/mol. The number of aliphatic hydroxyl groups is 1. The number of aliphatic hydroxyl groups excluding tert-OH is 1. The molecular formula is C20H20FNO3S. The van der Waals surface area contributed by atoms with Crippen LogP contribution >= 0.6 is 11.3 Å². The van der Waals surface area contributed by atoms with Gasteiger partial charge in [0.2, 0.25) is 0 Å². The Morgan fingerprint density at radius 2 is 1.96 bits per heavy atom. The molecule has 6 heteroatoms. The van der Waals surface area contributed by atoms with Crippen LogP contribution in [-0.4, -0.2) is 35.6 Å². The van der Waals surface area contributed by atoms with Gasteiger partial charge < -0.3 is 14.7 Å². The summed E-state index contributed by atoms with van der Waals surface area (Å²) < 4.78 is 21.0. The Labute approximate surface area is 155 Å². The lowest BCUT2D eigenvalue weighted by atomic mass is 10.1. The Balaban J connectivity index is 2.01. The van der Waals surface area contributed by atoms with Crippen molar-refractivity contribution in [2.75, 3.05) is 19.7 Å². The lowest BCUT2D eigenvalue weighted by Gasteiger charge is -2.19. The zero-order valence-corrected chi connectivity index (χ0v) is 15.3. The van der Waals surface area contributed by atoms with E-state index in [0.717, 1.165) is 0 Å². The smallest absolute Gasteiger partial charge is 0.264 e. The van der Waals surface area contributed by atoms with Crippen molar-refractivity contribution in [2.24, 2.45) is 0 Å². The first-order valence-electron chi connectivity index (χ1n) is 8.43. The molecule has 0 aliphatic carbocycles. The summed E-state index contributed by atoms with van der Waals surface area (Å²) in [6, 6.07) is 14.1. The normalized spacial score (nSPS) is 10.9. The number of rotatable bonds is 7. The maximum atomic E-state index is 14.5. The summed E-state index contributed by atoms with van der Waals surface area (Å²) in [5.74, 6) is 0.0766. The van der Waals surface area contributed by atoms with Gasteiger partial charge in [-0.25, -0.2) is 4.39 Å². The van der Waals surface area contributed by atoms with Gasteiger partial charge in [0, 0.05) is 28.7 Å². The van der Waals surface area contributed by atoms with Crippen LogP contribution in [0, 0.1) is 5.82 Å². The monoisotopic (exact) mass is 373 g/mol. The number of hydrogen-bond donors (Lipinski definition) is 1. The molecule has 0 unspecified atom stereocenters. The molecule has 2 aromatic carbocycles. The Hall–Kier alpha value is -2.44. The van der Waals surface area contributed by atoms with Crippen LogP contribution in [0.25, 0.3) is 10.1 Å². The van der Waals surface area contributed by atoms with Gasteiger partial charge in [0.1, 0.15) is 18.2 Å². The zero-order chi connectivity index (χ0) is 18.5. The van der Waals surface area contributed by atoms with Crippen molar-refractivity contribution in [1.29, 1.82) is 0 Å². The third-order valence-corrected chi connectivity index (χ3v) is 5.31. The molecule has 1 heterocycles. The number of amides is 1. The van der Waals surface area contributed by atoms with Crippen molar-refractivity contribution < 1.29 is 19.0 Å². The minimum Gasteiger partial charge on any atom is -0.489 e. The van der Waals surface area contributed by atoms with Crippen LogP contribution in [0.4, 0.5) is 4.39 Å². The van der Waals surface area contributed by atoms with Gasteiger partial charge in [0.15, 0.2) is 0 Å². The number of carbonyl (C=O) groups excluding carboxylic acids is 1. The van der Waals surface area contributed by atoms with Crippen molar-refractivity contribution in [2.45, 2.75) is 13.5 Å². The second kappa shape index (κ2) is 8.29. The molecule has 136 valence electrons. The molecule has 0 bridgehead atoms. The van der Waals surface area contributed by atoms with E-state index in [0.29, 0.717) is 32.8 Å². The molecule has 3 aromatic rings. The van der Waals surface area contributed by atoms with Crippen LogP contribution in [0.15, 0.2) is 48.5 Å². The molecule has 1 aromatic heterocycles. The highest BCUT2D eigenvalue weighted by atomic mass is 32.1. The van der Waals surface area contributed by atoms with Gasteiger partial charge in [-0.1, -0.05) is 24.3 Å². The van der Waals surface area contributed by atoms with E-state index in [1.165, 1.54) is 17.4 Å². The van der Waals surface area contributed by atoms with E-state index < -0.39 is 0 Å². The van der Waals surface area contributed by atoms with E-state index in [2.05, 4.69) is 0 Å². The second-order valence-corrected chi connectivity index (χ2v) is 6.79. The van der Waals surface area contributed by atoms with E-state index in [9.17, 15) is 14.3 Å². The van der Waals surface area contributed by atoms with Crippen LogP contribution in [0.2, 0.25) is 0 Å². The van der Waals surface area contributed by atoms with Crippen molar-refractivity contribution in [3.05, 3.63) is 64.8 Å². The molecule has 26 heavy (non-hydrogen) atoms. The first-order chi connectivity index (χ1) is 12.7. The molecule has 1 N–H and O–H groups in total. The average Bonchev–Trinajstić information content (AvgIpc) is 3.04. The Bertz CT molecular complexity index is 895. The second-order valence-electron chi connectivity index (χ2n) is 5.73. The maximum Gasteiger partial charge on any atom is 0.264 e. The highest BCUT2D eigenvalue weighted by Crippen LogP contribution is 2.35. The van der Waals surface area contributed by atoms with Crippen LogP contribution in [0.1, 0.15) is 22.2 Å². The largest absolute Gasteiger partial charge is 0.489 e. The molecular weight excluding hydrogens is 353 g/mol. The predicted molar refractivity (Wildman–Crippen MR) is 101 cm³/mol. The number of thiophene rings is 1. The van der Waals surface area contributed by atoms with Gasteiger partial charge >= 0.3 is 0 Å². The van der Waals surface area contributed by atoms with Crippen LogP contribution < -0.4 is 4.74 Å². The summed E-state index contributed by atoms with van der Waals surface area (Å²) in [5.41, 5.74) is 0.549. The van der Waals surface area contributed by atoms with Crippen molar-refractivity contribution in [1.82, 2.24) is 4.90 Å². The molecule has 0 saturated carbocycles. The van der Waals surface area contributed by atoms with E-state index in [1.807, 2.05) is 37.3 Å². The van der Waals surface area contributed by atoms with Crippen molar-refractivity contribution in [3.8, 4) is 5.75 Å². The molecule has 0 aliphatic heterocycles. The Kier molecular flexibility index (Phi) is 5.85. The SMILES string of the molecule is CCN(CCO)C(=O)c1sc2cccc(F)c2c1COc1ccccc1. The molecule has 0 atom stereocenters. The van der Waals surface area contributed by atoms with Gasteiger partial charge in [0.25, 0.3) is 5.91 Å². The van der Waals surface area contributed by atoms with Gasteiger partial charge in [-0.3, -0.25) is 4.79 Å². The molecule has 0 saturated heterocycles. The number of nitrogens with zero attached hydrogens (tertiary/aromatic N) is 1. The minimum atomic E-state index is -0.366. The van der Waals surface area contributed by atoms with Crippen LogP contribution in [-0.2, 0) is 6.61 Å². The molecule has 0 radical (unpaired) electrons. The Morgan fingerprint density at radius 3 is 2.65 bits per heavy atom. The quantitative estimate of drug-likeness (QED) is 0.679. The lowest BCUT2D eigenvalue weighted by Crippen LogP contribution is -2.33. The number of halogens is 1. The van der Waals surface area contributed by atoms with E-state index in [-0.39, 0.29) is 31.5 Å². The van der Waals surface area contributed by atoms with E-state index in [4.69, 9.17) is 4.74 Å². The highest BCUT2D eigenvalue weighted by molar-refractivity contribution is 7.21. The number of carbonyl (C=O) groups is 1. The minimum absolute atomic E-state index is 0.0999. The maximum absolute atomic E-state index is 14.5. The summed E-state index contributed by atoms with van der Waals surface area (Å²) in [7, 11) is 0. The fraction of sp³-hybridized carbons (Fsp3) is 0.250. The molecule has 4 nitrogen and oxygen atoms in total. The first-order valence-corrected chi connectivity index (χ1v) is 9.25. The number of hydrogen-bond acceptors (Lipinski definition) is 4. The summed E-state index contributed by atoms with van der Waals surface area (Å²) in [6.07, 6.45) is 0. The summed E-state index contributed by atoms with van der Waals surface area (Å²) in [4.78, 5) is 14.9. The van der Waals surface area contributed by atoms with Gasteiger partial charge in [0.05, 0.1) is 11.5 Å². The topological polar surface area (TPSA) is 49.8 Å². The highest BCUT2D eigenvalue weighted by Gasteiger charge is 2.24. The van der Waals surface area contributed by atoms with Crippen LogP contribution in [0.5, 0.6) is 5.75 Å². The lowest BCUT2D eigenvalue weighted by molar-refractivity contribution is 0.0734. The number of likely N-dealkylation sites (N-methyl/N-ethyl adjacent to an activating group) is 1. The predicted octanol–water partition coefficient (Wildman–Crippen LogP) is 4.07. The number of ether oxygens (including phenoxy) is 1. The molecule has 0 aliphatic rings. The van der Waals surface area contributed by atoms with Crippen LogP contribution in [0.3, 0.4) is 0 Å². The molecule has 1 amide bonds. The summed E-state index contributed by atoms with van der Waals surface area (Å²) >= 11 is 1.26. The molecule has 0 spiro atoms. The van der Waals surface area contributed by atoms with Crippen molar-refractivity contribution in [3.63, 3.8) is 0 Å². The van der Waals surface area contributed by atoms with Gasteiger partial charge in [-0.2, -0.15) is 0 Å². The van der Waals surface area contributed by atoms with Crippen molar-refractivity contribution >= 4 is 27.3 Å². The van der Waals surface area contributed by atoms with E-state index >= 15 is 0 Å². The third kappa shape index (κ3) is 3.71. The summed E-state index contributed by atoms with van der Waals surface area (Å²) in [5, 5.41) is 9.62. The zero-order valence-electron chi connectivity index (χ0n) is 14.4. The first kappa shape index (κ1) is 18.4. The number of benzene rings is 2. The fourth-order valence-electron chi connectivity index (χ4n) is 2.82. The molecule has 3 rings (SSSR count). The number of fused-ring (bicyclic) bond motifs is 1. The van der Waals surface area contributed by atoms with Gasteiger partial charge in [-0.15, -0.1) is 11.3 Å². The standard InChI is InChI=1S/C20H20FNO3S/c1-2-22(11-12-23)20(24)19-15(13-25-14-7-4-3-5-8-14)18-16(21)9-6-10-17(18)26-19/h3-10,23H,2,11-13H2,1H3. The van der Waals surface area contributed by atoms with E-state index in [1.54, 1.807) is 17.0 Å². The molecule has 0 fully saturated rings. The fourth-order valence-corrected chi connectivity index (χ4v) is 4.01. The van der Waals surface area contributed by atoms with Gasteiger partial charge in [-0.05, 0) is 31.2 Å². The number of para-hydroxylation sites is 1. The third-order valence-electron chi connectivity index (χ3n) is 4.12.